The Hall–Kier alpha value is -3.35. The third kappa shape index (κ3) is 4.28. The average molecular weight is 477 g/mol. The van der Waals surface area contributed by atoms with E-state index in [0.717, 1.165) is 28.7 Å². The molecular weight excluding hydrogens is 444 g/mol. The van der Waals surface area contributed by atoms with Crippen LogP contribution in [-0.2, 0) is 14.3 Å². The molecule has 2 saturated heterocycles. The predicted octanol–water partition coefficient (Wildman–Crippen LogP) is 4.40. The number of fused-ring (bicyclic) bond motifs is 5. The highest BCUT2D eigenvalue weighted by atomic mass is 16.5. The number of hydrogen-bond donors (Lipinski definition) is 2. The molecule has 2 N–H and O–H groups in total. The van der Waals surface area contributed by atoms with Crippen molar-refractivity contribution >= 4 is 18.0 Å². The van der Waals surface area contributed by atoms with E-state index in [1.54, 1.807) is 4.90 Å². The van der Waals surface area contributed by atoms with Crippen molar-refractivity contribution in [3.05, 3.63) is 59.7 Å². The highest BCUT2D eigenvalue weighted by molar-refractivity contribution is 5.88. The number of carbonyl (C=O) groups excluding carboxylic acids is 2. The van der Waals surface area contributed by atoms with Crippen LogP contribution in [-0.4, -0.2) is 52.7 Å². The second-order valence-electron chi connectivity index (χ2n) is 10.4. The molecule has 7 heteroatoms. The van der Waals surface area contributed by atoms with Crippen molar-refractivity contribution < 1.29 is 24.2 Å². The molecule has 0 spiro atoms. The standard InChI is InChI=1S/C28H32N2O5/c1-16(2)13-24(26(31)30-17-11-12-25(30)22(14-17)27(32)33)29-28(34)35-15-23-20-9-5-3-7-18(20)19-8-4-6-10-21(19)23/h3-10,16-17,22-25H,11-15H2,1-2H3,(H,29,34)(H,32,33). The fourth-order valence-corrected chi connectivity index (χ4v) is 6.25. The van der Waals surface area contributed by atoms with Gasteiger partial charge in [-0.15, -0.1) is 0 Å². The van der Waals surface area contributed by atoms with E-state index in [-0.39, 0.29) is 36.4 Å². The van der Waals surface area contributed by atoms with Gasteiger partial charge in [-0.1, -0.05) is 62.4 Å². The first-order valence-corrected chi connectivity index (χ1v) is 12.5. The van der Waals surface area contributed by atoms with Crippen molar-refractivity contribution in [3.63, 3.8) is 0 Å². The molecule has 35 heavy (non-hydrogen) atoms. The molecule has 184 valence electrons. The van der Waals surface area contributed by atoms with Crippen LogP contribution < -0.4 is 5.32 Å². The van der Waals surface area contributed by atoms with E-state index in [2.05, 4.69) is 29.6 Å². The summed E-state index contributed by atoms with van der Waals surface area (Å²) in [5, 5.41) is 12.4. The zero-order valence-electron chi connectivity index (χ0n) is 20.1. The van der Waals surface area contributed by atoms with E-state index in [1.807, 2.05) is 38.1 Å². The Bertz CT molecular complexity index is 1100. The second-order valence-corrected chi connectivity index (χ2v) is 10.4. The van der Waals surface area contributed by atoms with Gasteiger partial charge in [0.1, 0.15) is 12.6 Å². The van der Waals surface area contributed by atoms with E-state index < -0.39 is 24.0 Å². The lowest BCUT2D eigenvalue weighted by Gasteiger charge is -2.29. The van der Waals surface area contributed by atoms with Crippen molar-refractivity contribution in [2.45, 2.75) is 63.6 Å². The van der Waals surface area contributed by atoms with Gasteiger partial charge >= 0.3 is 12.1 Å². The number of aliphatic carboxylic acids is 1. The summed E-state index contributed by atoms with van der Waals surface area (Å²) in [5.41, 5.74) is 4.57. The van der Waals surface area contributed by atoms with Gasteiger partial charge < -0.3 is 20.1 Å². The number of nitrogens with zero attached hydrogens (tertiary/aromatic N) is 1. The summed E-state index contributed by atoms with van der Waals surface area (Å²) >= 11 is 0. The number of amides is 2. The van der Waals surface area contributed by atoms with Crippen molar-refractivity contribution in [2.75, 3.05) is 6.61 Å². The topological polar surface area (TPSA) is 95.9 Å². The zero-order chi connectivity index (χ0) is 24.7. The minimum atomic E-state index is -0.847. The first kappa shape index (κ1) is 23.4. The Morgan fingerprint density at radius 3 is 2.23 bits per heavy atom. The molecule has 2 bridgehead atoms. The van der Waals surface area contributed by atoms with Crippen LogP contribution >= 0.6 is 0 Å². The Morgan fingerprint density at radius 1 is 1.03 bits per heavy atom. The molecule has 4 unspecified atom stereocenters. The van der Waals surface area contributed by atoms with E-state index in [9.17, 15) is 19.5 Å². The summed E-state index contributed by atoms with van der Waals surface area (Å²) in [5.74, 6) is -1.44. The molecule has 4 atom stereocenters. The number of carbonyl (C=O) groups is 3. The maximum absolute atomic E-state index is 13.5. The molecule has 0 aromatic heterocycles. The third-order valence-corrected chi connectivity index (χ3v) is 7.75. The SMILES string of the molecule is CC(C)CC(NC(=O)OCC1c2ccccc2-c2ccccc21)C(=O)N1C2CCC1C(C(=O)O)C2. The van der Waals surface area contributed by atoms with Crippen LogP contribution in [0.15, 0.2) is 48.5 Å². The minimum Gasteiger partial charge on any atom is -0.481 e. The molecule has 0 radical (unpaired) electrons. The number of alkyl carbamates (subject to hydrolysis) is 1. The summed E-state index contributed by atoms with van der Waals surface area (Å²) in [6, 6.07) is 15.2. The van der Waals surface area contributed by atoms with E-state index >= 15 is 0 Å². The molecule has 2 aromatic rings. The molecule has 2 aliphatic heterocycles. The van der Waals surface area contributed by atoms with Crippen molar-refractivity contribution in [3.8, 4) is 11.1 Å². The van der Waals surface area contributed by atoms with Gasteiger partial charge in [0, 0.05) is 18.0 Å². The Kier molecular flexibility index (Phi) is 6.26. The van der Waals surface area contributed by atoms with Crippen molar-refractivity contribution in [1.82, 2.24) is 10.2 Å². The first-order valence-electron chi connectivity index (χ1n) is 12.5. The number of benzene rings is 2. The maximum Gasteiger partial charge on any atom is 0.407 e. The lowest BCUT2D eigenvalue weighted by molar-refractivity contribution is -0.143. The van der Waals surface area contributed by atoms with Crippen LogP contribution in [0, 0.1) is 11.8 Å². The summed E-state index contributed by atoms with van der Waals surface area (Å²) in [6.07, 6.45) is 1.86. The number of hydrogen-bond acceptors (Lipinski definition) is 4. The largest absolute Gasteiger partial charge is 0.481 e. The first-order chi connectivity index (χ1) is 16.8. The Labute approximate surface area is 205 Å². The number of carboxylic acid groups (broad SMARTS) is 1. The fraction of sp³-hybridized carbons (Fsp3) is 0.464. The van der Waals surface area contributed by atoms with E-state index in [4.69, 9.17) is 4.74 Å². The highest BCUT2D eigenvalue weighted by Crippen LogP contribution is 2.45. The molecule has 0 saturated carbocycles. The molecule has 2 fully saturated rings. The number of ether oxygens (including phenoxy) is 1. The Balaban J connectivity index is 1.27. The number of carboxylic acids is 1. The molecule has 2 amide bonds. The lowest BCUT2D eigenvalue weighted by Crippen LogP contribution is -2.51. The molecular formula is C28H32N2O5. The summed E-state index contributed by atoms with van der Waals surface area (Å²) in [6.45, 7) is 4.18. The van der Waals surface area contributed by atoms with Gasteiger partial charge in [0.25, 0.3) is 0 Å². The predicted molar refractivity (Wildman–Crippen MR) is 131 cm³/mol. The molecule has 1 aliphatic carbocycles. The van der Waals surface area contributed by atoms with Crippen LogP contribution in [0.2, 0.25) is 0 Å². The maximum atomic E-state index is 13.5. The van der Waals surface area contributed by atoms with Crippen LogP contribution in [0.4, 0.5) is 4.79 Å². The monoisotopic (exact) mass is 476 g/mol. The van der Waals surface area contributed by atoms with Crippen LogP contribution in [0.1, 0.15) is 56.6 Å². The van der Waals surface area contributed by atoms with Gasteiger partial charge in [0.2, 0.25) is 5.91 Å². The van der Waals surface area contributed by atoms with Crippen LogP contribution in [0.3, 0.4) is 0 Å². The zero-order valence-corrected chi connectivity index (χ0v) is 20.1. The van der Waals surface area contributed by atoms with Crippen LogP contribution in [0.25, 0.3) is 11.1 Å². The van der Waals surface area contributed by atoms with Gasteiger partial charge in [-0.05, 0) is 53.9 Å². The number of nitrogens with one attached hydrogen (secondary N) is 1. The molecule has 3 aliphatic rings. The molecule has 5 rings (SSSR count). The summed E-state index contributed by atoms with van der Waals surface area (Å²) < 4.78 is 5.68. The smallest absolute Gasteiger partial charge is 0.407 e. The van der Waals surface area contributed by atoms with E-state index in [0.29, 0.717) is 19.3 Å². The van der Waals surface area contributed by atoms with Crippen molar-refractivity contribution in [2.24, 2.45) is 11.8 Å². The fourth-order valence-electron chi connectivity index (χ4n) is 6.25. The second kappa shape index (κ2) is 9.36. The lowest BCUT2D eigenvalue weighted by atomic mass is 9.89. The van der Waals surface area contributed by atoms with Gasteiger partial charge in [-0.2, -0.15) is 0 Å². The van der Waals surface area contributed by atoms with Gasteiger partial charge in [0.05, 0.1) is 5.92 Å². The van der Waals surface area contributed by atoms with Crippen LogP contribution in [0.5, 0.6) is 0 Å². The van der Waals surface area contributed by atoms with Gasteiger partial charge in [-0.25, -0.2) is 4.79 Å². The minimum absolute atomic E-state index is 0.0573. The van der Waals surface area contributed by atoms with E-state index in [1.165, 1.54) is 0 Å². The Morgan fingerprint density at radius 2 is 1.66 bits per heavy atom. The van der Waals surface area contributed by atoms with Gasteiger partial charge in [-0.3, -0.25) is 9.59 Å². The summed E-state index contributed by atoms with van der Waals surface area (Å²) in [7, 11) is 0. The third-order valence-electron chi connectivity index (χ3n) is 7.75. The van der Waals surface area contributed by atoms with Crippen molar-refractivity contribution in [1.29, 1.82) is 0 Å². The quantitative estimate of drug-likeness (QED) is 0.617. The average Bonchev–Trinajstić information content (AvgIpc) is 3.51. The molecule has 2 aromatic carbocycles. The number of rotatable bonds is 7. The molecule has 2 heterocycles. The summed E-state index contributed by atoms with van der Waals surface area (Å²) in [4.78, 5) is 39.8. The molecule has 7 nitrogen and oxygen atoms in total. The highest BCUT2D eigenvalue weighted by Gasteiger charge is 2.52. The van der Waals surface area contributed by atoms with Gasteiger partial charge in [0.15, 0.2) is 0 Å². The normalized spacial score (nSPS) is 23.2.